The fraction of sp³-hybridized carbons (Fsp3) is 0.143. The van der Waals surface area contributed by atoms with Crippen molar-refractivity contribution in [2.45, 2.75) is 5.75 Å². The van der Waals surface area contributed by atoms with E-state index in [0.717, 1.165) is 11.3 Å². The molecule has 1 aromatic rings. The second kappa shape index (κ2) is 3.58. The predicted octanol–water partition coefficient (Wildman–Crippen LogP) is 1.93. The number of nitrogens with two attached hydrogens (primary N) is 1. The van der Waals surface area contributed by atoms with Crippen molar-refractivity contribution in [1.82, 2.24) is 0 Å². The Morgan fingerprint density at radius 3 is 2.40 bits per heavy atom. The quantitative estimate of drug-likeness (QED) is 0.664. The molecule has 0 heterocycles. The molecule has 0 spiro atoms. The average molecular weight is 157 g/mol. The van der Waals surface area contributed by atoms with Crippen molar-refractivity contribution < 1.29 is 4.39 Å². The molecule has 3 heteroatoms. The molecule has 0 amide bonds. The fourth-order valence-electron chi connectivity index (χ4n) is 0.677. The molecule has 2 N–H and O–H groups in total. The Morgan fingerprint density at radius 2 is 1.90 bits per heavy atom. The van der Waals surface area contributed by atoms with Gasteiger partial charge in [0.15, 0.2) is 0 Å². The van der Waals surface area contributed by atoms with Crippen LogP contribution in [-0.2, 0) is 5.75 Å². The standard InChI is InChI=1S/C7H8FNS/c8-7-3-1-6(2-4-7)5-10-9/h1-4H,5,9H2. The van der Waals surface area contributed by atoms with Gasteiger partial charge in [-0.2, -0.15) is 0 Å². The lowest BCUT2D eigenvalue weighted by Gasteiger charge is -1.95. The summed E-state index contributed by atoms with van der Waals surface area (Å²) in [7, 11) is 0. The van der Waals surface area contributed by atoms with Crippen LogP contribution in [-0.4, -0.2) is 0 Å². The summed E-state index contributed by atoms with van der Waals surface area (Å²) in [6, 6.07) is 6.33. The molecule has 0 bridgehead atoms. The summed E-state index contributed by atoms with van der Waals surface area (Å²) in [6.45, 7) is 0. The molecule has 0 unspecified atom stereocenters. The monoisotopic (exact) mass is 157 g/mol. The Labute approximate surface area is 63.6 Å². The van der Waals surface area contributed by atoms with Gasteiger partial charge in [0.1, 0.15) is 5.82 Å². The highest BCUT2D eigenvalue weighted by Crippen LogP contribution is 2.07. The molecule has 0 aromatic heterocycles. The highest BCUT2D eigenvalue weighted by Gasteiger charge is 1.90. The molecule has 1 aromatic carbocycles. The van der Waals surface area contributed by atoms with Crippen molar-refractivity contribution in [2.75, 3.05) is 0 Å². The van der Waals surface area contributed by atoms with Crippen LogP contribution in [0.2, 0.25) is 0 Å². The molecule has 0 saturated heterocycles. The van der Waals surface area contributed by atoms with Gasteiger partial charge in [0.05, 0.1) is 0 Å². The molecule has 0 aliphatic heterocycles. The summed E-state index contributed by atoms with van der Waals surface area (Å²) in [5.74, 6) is 0.533. The van der Waals surface area contributed by atoms with Crippen molar-refractivity contribution in [3.05, 3.63) is 35.6 Å². The Morgan fingerprint density at radius 1 is 1.30 bits per heavy atom. The molecular formula is C7H8FNS. The van der Waals surface area contributed by atoms with Crippen molar-refractivity contribution in [1.29, 1.82) is 0 Å². The van der Waals surface area contributed by atoms with Gasteiger partial charge in [-0.1, -0.05) is 24.1 Å². The molecule has 0 radical (unpaired) electrons. The first-order valence-electron chi connectivity index (χ1n) is 2.89. The molecule has 10 heavy (non-hydrogen) atoms. The van der Waals surface area contributed by atoms with Crippen LogP contribution in [0.15, 0.2) is 24.3 Å². The van der Waals surface area contributed by atoms with Crippen molar-refractivity contribution >= 4 is 11.9 Å². The molecule has 1 rings (SSSR count). The highest BCUT2D eigenvalue weighted by atomic mass is 32.2. The minimum absolute atomic E-state index is 0.203. The summed E-state index contributed by atoms with van der Waals surface area (Å²) in [4.78, 5) is 0. The van der Waals surface area contributed by atoms with Crippen LogP contribution in [0.1, 0.15) is 5.56 Å². The summed E-state index contributed by atoms with van der Waals surface area (Å²) in [6.07, 6.45) is 0. The van der Waals surface area contributed by atoms with E-state index in [4.69, 9.17) is 5.14 Å². The SMILES string of the molecule is NSCc1ccc(F)cc1. The zero-order valence-electron chi connectivity index (χ0n) is 5.38. The summed E-state index contributed by atoms with van der Waals surface area (Å²) < 4.78 is 12.3. The lowest BCUT2D eigenvalue weighted by Crippen LogP contribution is -1.84. The van der Waals surface area contributed by atoms with Crippen molar-refractivity contribution in [2.24, 2.45) is 5.14 Å². The molecule has 0 fully saturated rings. The van der Waals surface area contributed by atoms with Gasteiger partial charge < -0.3 is 0 Å². The van der Waals surface area contributed by atoms with Crippen LogP contribution in [0.5, 0.6) is 0 Å². The normalized spacial score (nSPS) is 9.80. The maximum Gasteiger partial charge on any atom is 0.123 e. The van der Waals surface area contributed by atoms with Crippen molar-refractivity contribution in [3.63, 3.8) is 0 Å². The Kier molecular flexibility index (Phi) is 2.71. The Hall–Kier alpha value is -0.540. The van der Waals surface area contributed by atoms with Crippen LogP contribution >= 0.6 is 11.9 Å². The van der Waals surface area contributed by atoms with Crippen LogP contribution < -0.4 is 5.14 Å². The number of rotatable bonds is 2. The predicted molar refractivity (Wildman–Crippen MR) is 41.9 cm³/mol. The van der Waals surface area contributed by atoms with Gasteiger partial charge in [-0.05, 0) is 17.7 Å². The van der Waals surface area contributed by atoms with Gasteiger partial charge in [-0.3, -0.25) is 5.14 Å². The largest absolute Gasteiger partial charge is 0.278 e. The molecule has 0 atom stereocenters. The van der Waals surface area contributed by atoms with E-state index in [2.05, 4.69) is 0 Å². The molecule has 0 saturated carbocycles. The molecular weight excluding hydrogens is 149 g/mol. The first-order chi connectivity index (χ1) is 4.83. The number of hydrogen-bond acceptors (Lipinski definition) is 2. The zero-order valence-corrected chi connectivity index (χ0v) is 6.20. The van der Waals surface area contributed by atoms with Crippen LogP contribution in [0.25, 0.3) is 0 Å². The van der Waals surface area contributed by atoms with E-state index in [1.807, 2.05) is 0 Å². The highest BCUT2D eigenvalue weighted by molar-refractivity contribution is 7.96. The number of hydrogen-bond donors (Lipinski definition) is 1. The van der Waals surface area contributed by atoms with E-state index in [1.54, 1.807) is 12.1 Å². The third kappa shape index (κ3) is 2.01. The second-order valence-corrected chi connectivity index (χ2v) is 2.56. The Bertz CT molecular complexity index is 197. The number of halogens is 1. The number of benzene rings is 1. The smallest absolute Gasteiger partial charge is 0.123 e. The van der Waals surface area contributed by atoms with Gasteiger partial charge in [-0.15, -0.1) is 0 Å². The van der Waals surface area contributed by atoms with Crippen LogP contribution in [0.4, 0.5) is 4.39 Å². The second-order valence-electron chi connectivity index (χ2n) is 1.94. The van der Waals surface area contributed by atoms with Gasteiger partial charge in [-0.25, -0.2) is 4.39 Å². The fourth-order valence-corrected chi connectivity index (χ4v) is 1.06. The van der Waals surface area contributed by atoms with Crippen LogP contribution in [0, 0.1) is 5.82 Å². The summed E-state index contributed by atoms with van der Waals surface area (Å²) in [5.41, 5.74) is 1.05. The van der Waals surface area contributed by atoms with E-state index >= 15 is 0 Å². The van der Waals surface area contributed by atoms with Gasteiger partial charge >= 0.3 is 0 Å². The molecule has 54 valence electrons. The van der Waals surface area contributed by atoms with Crippen molar-refractivity contribution in [3.8, 4) is 0 Å². The minimum Gasteiger partial charge on any atom is -0.278 e. The third-order valence-electron chi connectivity index (χ3n) is 1.16. The lowest BCUT2D eigenvalue weighted by atomic mass is 10.2. The van der Waals surface area contributed by atoms with E-state index in [9.17, 15) is 4.39 Å². The maximum atomic E-state index is 12.3. The summed E-state index contributed by atoms with van der Waals surface area (Å²) >= 11 is 1.24. The van der Waals surface area contributed by atoms with Gasteiger partial charge in [0, 0.05) is 5.75 Å². The summed E-state index contributed by atoms with van der Waals surface area (Å²) in [5, 5.41) is 5.22. The molecule has 0 aliphatic rings. The topological polar surface area (TPSA) is 26.0 Å². The lowest BCUT2D eigenvalue weighted by molar-refractivity contribution is 0.627. The minimum atomic E-state index is -0.203. The Balaban J connectivity index is 2.69. The molecule has 1 nitrogen and oxygen atoms in total. The van der Waals surface area contributed by atoms with E-state index in [1.165, 1.54) is 24.1 Å². The first kappa shape index (κ1) is 7.57. The van der Waals surface area contributed by atoms with E-state index < -0.39 is 0 Å². The van der Waals surface area contributed by atoms with E-state index in [-0.39, 0.29) is 5.82 Å². The first-order valence-corrected chi connectivity index (χ1v) is 3.94. The van der Waals surface area contributed by atoms with E-state index in [0.29, 0.717) is 0 Å². The van der Waals surface area contributed by atoms with Gasteiger partial charge in [0.25, 0.3) is 0 Å². The third-order valence-corrected chi connectivity index (χ3v) is 1.66. The zero-order chi connectivity index (χ0) is 7.40. The van der Waals surface area contributed by atoms with Gasteiger partial charge in [0.2, 0.25) is 0 Å². The average Bonchev–Trinajstić information content (AvgIpc) is 1.95. The maximum absolute atomic E-state index is 12.3. The van der Waals surface area contributed by atoms with Crippen LogP contribution in [0.3, 0.4) is 0 Å². The molecule has 0 aliphatic carbocycles.